The number of benzene rings is 2. The van der Waals surface area contributed by atoms with Gasteiger partial charge in [0.2, 0.25) is 11.8 Å². The molecule has 2 amide bonds. The molecule has 0 aliphatic carbocycles. The molecule has 2 aliphatic rings. The number of ether oxygens (including phenoxy) is 1. The largest absolute Gasteiger partial charge is 0.492 e. The van der Waals surface area contributed by atoms with E-state index < -0.39 is 17.7 Å². The zero-order chi connectivity index (χ0) is 27.7. The second-order valence-corrected chi connectivity index (χ2v) is 11.0. The van der Waals surface area contributed by atoms with Crippen LogP contribution >= 0.6 is 0 Å². The summed E-state index contributed by atoms with van der Waals surface area (Å²) in [5.41, 5.74) is 1.05. The second-order valence-electron chi connectivity index (χ2n) is 11.0. The number of carbonyl (C=O) groups excluding carboxylic acids is 3. The van der Waals surface area contributed by atoms with Crippen LogP contribution in [0.15, 0.2) is 54.6 Å². The van der Waals surface area contributed by atoms with E-state index in [1.807, 2.05) is 59.5 Å². The lowest BCUT2D eigenvalue weighted by Gasteiger charge is -2.42. The lowest BCUT2D eigenvalue weighted by Crippen LogP contribution is -2.65. The minimum Gasteiger partial charge on any atom is -0.492 e. The van der Waals surface area contributed by atoms with Crippen molar-refractivity contribution in [3.63, 3.8) is 0 Å². The third-order valence-corrected chi connectivity index (χ3v) is 7.58. The molecular weight excluding hydrogens is 492 g/mol. The van der Waals surface area contributed by atoms with Crippen LogP contribution in [0.2, 0.25) is 0 Å². The molecule has 8 nitrogen and oxygen atoms in total. The van der Waals surface area contributed by atoms with Gasteiger partial charge in [-0.15, -0.1) is 0 Å². The molecule has 4 rings (SSSR count). The SMILES string of the molecule is CC(C)C[C@]1(C=O)NCCOc2ccccc2CCCNC(=O)[C@H](Cc2ccccc2)NC(=O)C2CCCN21. The maximum absolute atomic E-state index is 13.7. The van der Waals surface area contributed by atoms with Crippen LogP contribution in [0.5, 0.6) is 5.75 Å². The van der Waals surface area contributed by atoms with Crippen molar-refractivity contribution < 1.29 is 19.1 Å². The Morgan fingerprint density at radius 3 is 2.56 bits per heavy atom. The maximum Gasteiger partial charge on any atom is 0.242 e. The summed E-state index contributed by atoms with van der Waals surface area (Å²) in [5.74, 6) is 0.619. The summed E-state index contributed by atoms with van der Waals surface area (Å²) in [6.07, 6.45) is 4.83. The number of hydrogen-bond donors (Lipinski definition) is 3. The fourth-order valence-corrected chi connectivity index (χ4v) is 5.81. The smallest absolute Gasteiger partial charge is 0.242 e. The Kier molecular flexibility index (Phi) is 10.1. The van der Waals surface area contributed by atoms with Crippen molar-refractivity contribution in [2.45, 2.75) is 70.1 Å². The van der Waals surface area contributed by atoms with Crippen LogP contribution < -0.4 is 20.7 Å². The van der Waals surface area contributed by atoms with Gasteiger partial charge in [-0.2, -0.15) is 0 Å². The molecule has 8 heteroatoms. The molecule has 2 heterocycles. The molecule has 2 aromatic carbocycles. The van der Waals surface area contributed by atoms with Gasteiger partial charge < -0.3 is 15.4 Å². The Hall–Kier alpha value is -3.23. The molecule has 0 saturated carbocycles. The van der Waals surface area contributed by atoms with Gasteiger partial charge in [0.25, 0.3) is 0 Å². The first-order chi connectivity index (χ1) is 18.9. The minimum absolute atomic E-state index is 0.201. The number of nitrogens with one attached hydrogen (secondary N) is 3. The molecule has 0 spiro atoms. The van der Waals surface area contributed by atoms with Crippen molar-refractivity contribution in [1.29, 1.82) is 0 Å². The fraction of sp³-hybridized carbons (Fsp3) is 0.516. The maximum atomic E-state index is 13.7. The molecule has 3 atom stereocenters. The molecule has 39 heavy (non-hydrogen) atoms. The first-order valence-electron chi connectivity index (χ1n) is 14.2. The van der Waals surface area contributed by atoms with Crippen LogP contribution in [0.1, 0.15) is 50.7 Å². The van der Waals surface area contributed by atoms with Gasteiger partial charge in [-0.3, -0.25) is 24.6 Å². The zero-order valence-electron chi connectivity index (χ0n) is 23.2. The van der Waals surface area contributed by atoms with Gasteiger partial charge in [0.1, 0.15) is 24.1 Å². The van der Waals surface area contributed by atoms with Gasteiger partial charge in [0.15, 0.2) is 6.29 Å². The van der Waals surface area contributed by atoms with E-state index in [0.717, 1.165) is 42.4 Å². The summed E-state index contributed by atoms with van der Waals surface area (Å²) in [7, 11) is 0. The molecule has 210 valence electrons. The molecule has 0 bridgehead atoms. The fourth-order valence-electron chi connectivity index (χ4n) is 5.81. The summed E-state index contributed by atoms with van der Waals surface area (Å²) < 4.78 is 6.13. The number of carbonyl (C=O) groups is 3. The molecule has 1 fully saturated rings. The highest BCUT2D eigenvalue weighted by Crippen LogP contribution is 2.30. The van der Waals surface area contributed by atoms with Gasteiger partial charge in [0.05, 0.1) is 6.04 Å². The van der Waals surface area contributed by atoms with E-state index in [-0.39, 0.29) is 17.7 Å². The average Bonchev–Trinajstić information content (AvgIpc) is 3.44. The molecule has 3 N–H and O–H groups in total. The number of amides is 2. The van der Waals surface area contributed by atoms with Crippen LogP contribution in [0.3, 0.4) is 0 Å². The molecule has 1 unspecified atom stereocenters. The lowest BCUT2D eigenvalue weighted by molar-refractivity contribution is -0.136. The number of aryl methyl sites for hydroxylation is 1. The number of rotatable bonds is 5. The number of aldehydes is 1. The normalized spacial score (nSPS) is 25.5. The molecular formula is C31H42N4O4. The molecule has 1 saturated heterocycles. The van der Waals surface area contributed by atoms with Crippen LogP contribution in [0.4, 0.5) is 0 Å². The van der Waals surface area contributed by atoms with E-state index in [4.69, 9.17) is 4.74 Å². The second kappa shape index (κ2) is 13.7. The highest BCUT2D eigenvalue weighted by molar-refractivity contribution is 5.90. The lowest BCUT2D eigenvalue weighted by atomic mass is 9.95. The number of hydrogen-bond acceptors (Lipinski definition) is 6. The van der Waals surface area contributed by atoms with E-state index in [0.29, 0.717) is 45.5 Å². The van der Waals surface area contributed by atoms with Gasteiger partial charge >= 0.3 is 0 Å². The predicted octanol–water partition coefficient (Wildman–Crippen LogP) is 2.85. The summed E-state index contributed by atoms with van der Waals surface area (Å²) >= 11 is 0. The van der Waals surface area contributed by atoms with E-state index >= 15 is 0 Å². The Bertz CT molecular complexity index is 1110. The number of para-hydroxylation sites is 1. The Morgan fingerprint density at radius 1 is 1.03 bits per heavy atom. The van der Waals surface area contributed by atoms with E-state index in [1.54, 1.807) is 0 Å². The molecule has 2 aromatic rings. The summed E-state index contributed by atoms with van der Waals surface area (Å²) in [4.78, 5) is 41.8. The van der Waals surface area contributed by atoms with Crippen molar-refractivity contribution in [2.75, 3.05) is 26.2 Å². The van der Waals surface area contributed by atoms with Gasteiger partial charge in [-0.05, 0) is 55.2 Å². The third kappa shape index (κ3) is 7.46. The summed E-state index contributed by atoms with van der Waals surface area (Å²) in [6.45, 7) is 6.12. The Balaban J connectivity index is 1.63. The van der Waals surface area contributed by atoms with Gasteiger partial charge in [-0.25, -0.2) is 0 Å². The number of nitrogens with zero attached hydrogens (tertiary/aromatic N) is 1. The minimum atomic E-state index is -0.999. The third-order valence-electron chi connectivity index (χ3n) is 7.58. The Labute approximate surface area is 231 Å². The van der Waals surface area contributed by atoms with Crippen molar-refractivity contribution in [3.8, 4) is 5.75 Å². The topological polar surface area (TPSA) is 99.8 Å². The highest BCUT2D eigenvalue weighted by Gasteiger charge is 2.46. The van der Waals surface area contributed by atoms with Crippen LogP contribution in [0, 0.1) is 5.92 Å². The quantitative estimate of drug-likeness (QED) is 0.511. The number of fused-ring (bicyclic) bond motifs is 2. The summed E-state index contributed by atoms with van der Waals surface area (Å²) in [6, 6.07) is 16.4. The predicted molar refractivity (Wildman–Crippen MR) is 151 cm³/mol. The van der Waals surface area contributed by atoms with Gasteiger partial charge in [0, 0.05) is 26.1 Å². The van der Waals surface area contributed by atoms with Crippen molar-refractivity contribution >= 4 is 18.1 Å². The molecule has 2 aliphatic heterocycles. The zero-order valence-corrected chi connectivity index (χ0v) is 23.2. The van der Waals surface area contributed by atoms with Crippen LogP contribution in [0.25, 0.3) is 0 Å². The standard InChI is InChI=1S/C31H42N4O4/c1-23(2)21-31(22-36)33-17-19-39-28-15-7-6-12-25(28)13-8-16-32-29(37)26(20-24-10-4-3-5-11-24)34-30(38)27-14-9-18-35(27)31/h3-7,10-12,15,22-23,26-27,33H,8-9,13-14,16-21H2,1-2H3,(H,32,37)(H,34,38)/t26-,27?,31-/m0/s1. The monoisotopic (exact) mass is 534 g/mol. The van der Waals surface area contributed by atoms with Crippen molar-refractivity contribution in [1.82, 2.24) is 20.9 Å². The van der Waals surface area contributed by atoms with E-state index in [9.17, 15) is 14.4 Å². The van der Waals surface area contributed by atoms with Crippen LogP contribution in [-0.4, -0.2) is 67.0 Å². The van der Waals surface area contributed by atoms with Crippen molar-refractivity contribution in [2.24, 2.45) is 5.92 Å². The van der Waals surface area contributed by atoms with E-state index in [1.165, 1.54) is 0 Å². The Morgan fingerprint density at radius 2 is 1.79 bits per heavy atom. The first-order valence-corrected chi connectivity index (χ1v) is 14.2. The van der Waals surface area contributed by atoms with Gasteiger partial charge in [-0.1, -0.05) is 62.4 Å². The summed E-state index contributed by atoms with van der Waals surface area (Å²) in [5, 5.41) is 9.55. The van der Waals surface area contributed by atoms with Crippen molar-refractivity contribution in [3.05, 3.63) is 65.7 Å². The average molecular weight is 535 g/mol. The molecule has 0 radical (unpaired) electrons. The first kappa shape index (κ1) is 28.8. The van der Waals surface area contributed by atoms with E-state index in [2.05, 4.69) is 29.8 Å². The molecule has 0 aromatic heterocycles. The highest BCUT2D eigenvalue weighted by atomic mass is 16.5. The van der Waals surface area contributed by atoms with Crippen LogP contribution in [-0.2, 0) is 27.2 Å².